The van der Waals surface area contributed by atoms with Crippen LogP contribution in [0, 0.1) is 23.7 Å². The second kappa shape index (κ2) is 10.2. The number of nitrogens with one attached hydrogen (secondary N) is 1. The van der Waals surface area contributed by atoms with Crippen LogP contribution in [0.2, 0.25) is 0 Å². The third-order valence-electron chi connectivity index (χ3n) is 4.34. The number of methoxy groups -OCH3 is 1. The lowest BCUT2D eigenvalue weighted by Gasteiger charge is -2.31. The molecule has 6 nitrogen and oxygen atoms in total. The van der Waals surface area contributed by atoms with E-state index < -0.39 is 29.9 Å². The Balaban J connectivity index is 2.10. The van der Waals surface area contributed by atoms with E-state index in [1.807, 2.05) is 0 Å². The molecule has 0 unspecified atom stereocenters. The molecule has 2 aromatic carbocycles. The van der Waals surface area contributed by atoms with Crippen LogP contribution in [-0.2, 0) is 9.53 Å². The molecule has 5 N–H and O–H groups in total. The van der Waals surface area contributed by atoms with E-state index in [9.17, 15) is 18.4 Å². The third-order valence-corrected chi connectivity index (χ3v) is 4.34. The van der Waals surface area contributed by atoms with Crippen molar-refractivity contribution in [2.75, 3.05) is 12.8 Å². The van der Waals surface area contributed by atoms with Crippen LogP contribution in [0.15, 0.2) is 48.5 Å². The van der Waals surface area contributed by atoms with Gasteiger partial charge in [0.25, 0.3) is 12.3 Å². The molecule has 8 heteroatoms. The molecule has 2 rings (SSSR count). The summed E-state index contributed by atoms with van der Waals surface area (Å²) in [5.74, 6) is 9.28. The Labute approximate surface area is 178 Å². The molecular weight excluding hydrogens is 404 g/mol. The maximum Gasteiger partial charge on any atom is 0.330 e. The summed E-state index contributed by atoms with van der Waals surface area (Å²) >= 11 is 0. The first-order valence-corrected chi connectivity index (χ1v) is 9.08. The van der Waals surface area contributed by atoms with E-state index >= 15 is 0 Å². The molecule has 0 spiro atoms. The number of esters is 1. The molecule has 1 amide bonds. The highest BCUT2D eigenvalue weighted by Gasteiger charge is 2.45. The maximum atomic E-state index is 13.2. The van der Waals surface area contributed by atoms with Crippen molar-refractivity contribution in [3.63, 3.8) is 0 Å². The van der Waals surface area contributed by atoms with Gasteiger partial charge in [-0.25, -0.2) is 13.6 Å². The first-order chi connectivity index (χ1) is 14.6. The highest BCUT2D eigenvalue weighted by molar-refractivity contribution is 5.97. The number of carbonyl (C=O) groups excluding carboxylic acids is 2. The first kappa shape index (κ1) is 23.4. The van der Waals surface area contributed by atoms with Gasteiger partial charge in [0.1, 0.15) is 5.54 Å². The van der Waals surface area contributed by atoms with Gasteiger partial charge in [-0.15, -0.1) is 0 Å². The number of carbonyl (C=O) groups is 2. The highest BCUT2D eigenvalue weighted by atomic mass is 19.3. The number of ether oxygens (including phenoxy) is 1. The van der Waals surface area contributed by atoms with E-state index in [0.29, 0.717) is 11.3 Å². The lowest BCUT2D eigenvalue weighted by molar-refractivity contribution is -0.146. The number of benzene rings is 2. The zero-order valence-electron chi connectivity index (χ0n) is 16.9. The summed E-state index contributed by atoms with van der Waals surface area (Å²) in [4.78, 5) is 24.3. The average Bonchev–Trinajstić information content (AvgIpc) is 2.75. The van der Waals surface area contributed by atoms with E-state index in [0.717, 1.165) is 19.6 Å². The minimum absolute atomic E-state index is 0.137. The largest absolute Gasteiger partial charge is 0.467 e. The van der Waals surface area contributed by atoms with Crippen molar-refractivity contribution in [3.05, 3.63) is 65.2 Å². The molecule has 0 aliphatic rings. The highest BCUT2D eigenvalue weighted by Crippen LogP contribution is 2.18. The number of anilines is 1. The Morgan fingerprint density at radius 1 is 1.00 bits per heavy atom. The molecule has 31 heavy (non-hydrogen) atoms. The van der Waals surface area contributed by atoms with Gasteiger partial charge in [0.2, 0.25) is 0 Å². The number of alkyl halides is 2. The van der Waals surface area contributed by atoms with E-state index in [4.69, 9.17) is 11.5 Å². The maximum absolute atomic E-state index is 13.2. The molecule has 160 valence electrons. The van der Waals surface area contributed by atoms with Crippen molar-refractivity contribution in [3.8, 4) is 23.7 Å². The van der Waals surface area contributed by atoms with Gasteiger partial charge in [-0.2, -0.15) is 0 Å². The van der Waals surface area contributed by atoms with Crippen molar-refractivity contribution in [1.82, 2.24) is 5.32 Å². The normalized spacial score (nSPS) is 13.0. The minimum atomic E-state index is -3.07. The Kier molecular flexibility index (Phi) is 7.73. The van der Waals surface area contributed by atoms with Gasteiger partial charge in [-0.3, -0.25) is 4.79 Å². The Bertz CT molecular complexity index is 1060. The zero-order chi connectivity index (χ0) is 23.0. The fraction of sp³-hybridized carbons (Fsp3) is 0.217. The van der Waals surface area contributed by atoms with Crippen molar-refractivity contribution >= 4 is 17.6 Å². The van der Waals surface area contributed by atoms with Gasteiger partial charge in [-0.05, 0) is 67.3 Å². The smallest absolute Gasteiger partial charge is 0.330 e. The van der Waals surface area contributed by atoms with Crippen molar-refractivity contribution in [2.24, 2.45) is 5.73 Å². The Morgan fingerprint density at radius 3 is 1.94 bits per heavy atom. The van der Waals surface area contributed by atoms with Crippen molar-refractivity contribution in [1.29, 1.82) is 0 Å². The molecule has 0 heterocycles. The van der Waals surface area contributed by atoms with E-state index in [1.54, 1.807) is 36.4 Å². The predicted molar refractivity (Wildman–Crippen MR) is 113 cm³/mol. The molecule has 0 aliphatic carbocycles. The number of halogens is 2. The summed E-state index contributed by atoms with van der Waals surface area (Å²) in [6, 6.07) is 11.3. The summed E-state index contributed by atoms with van der Waals surface area (Å²) in [6.07, 6.45) is -3.07. The van der Waals surface area contributed by atoms with E-state index in [-0.39, 0.29) is 5.56 Å². The first-order valence-electron chi connectivity index (χ1n) is 9.08. The molecular formula is C23H21F2N3O3. The van der Waals surface area contributed by atoms with Gasteiger partial charge in [0.15, 0.2) is 6.04 Å². The fourth-order valence-electron chi connectivity index (χ4n) is 2.40. The fourth-order valence-corrected chi connectivity index (χ4v) is 2.40. The zero-order valence-corrected chi connectivity index (χ0v) is 16.9. The summed E-state index contributed by atoms with van der Waals surface area (Å²) in [6.45, 7) is 0.962. The van der Waals surface area contributed by atoms with Crippen LogP contribution in [0.1, 0.15) is 28.4 Å². The topological polar surface area (TPSA) is 107 Å². The Morgan fingerprint density at radius 2 is 1.48 bits per heavy atom. The van der Waals surface area contributed by atoms with Crippen molar-refractivity contribution < 1.29 is 23.1 Å². The number of amides is 1. The molecule has 0 fully saturated rings. The van der Waals surface area contributed by atoms with Crippen LogP contribution >= 0.6 is 0 Å². The molecule has 2 atom stereocenters. The predicted octanol–water partition coefficient (Wildman–Crippen LogP) is 1.93. The number of nitrogens with two attached hydrogens (primary N) is 2. The van der Waals surface area contributed by atoms with Gasteiger partial charge in [-0.1, -0.05) is 11.8 Å². The summed E-state index contributed by atoms with van der Waals surface area (Å²) < 4.78 is 30.9. The van der Waals surface area contributed by atoms with Crippen LogP contribution in [-0.4, -0.2) is 37.0 Å². The summed E-state index contributed by atoms with van der Waals surface area (Å²) in [5, 5.41) is 2.21. The second-order valence-corrected chi connectivity index (χ2v) is 6.80. The van der Waals surface area contributed by atoms with Gasteiger partial charge in [0, 0.05) is 22.4 Å². The standard InChI is InChI=1S/C23H21F2N3O3/c1-23(27,22(24)25)19(21(30)31-2)28-20(29)17-11-7-15(8-12-17)5-3-4-6-16-9-13-18(26)14-10-16/h7-14,19,22H,26-27H2,1-2H3,(H,28,29)/t19-,23+/m1/s1. The summed E-state index contributed by atoms with van der Waals surface area (Å²) in [7, 11) is 1.02. The Hall–Kier alpha value is -3.88. The molecule has 0 saturated heterocycles. The number of rotatable bonds is 5. The number of hydrogen-bond acceptors (Lipinski definition) is 5. The molecule has 2 aromatic rings. The van der Waals surface area contributed by atoms with Gasteiger partial charge < -0.3 is 21.5 Å². The van der Waals surface area contributed by atoms with Crippen LogP contribution in [0.5, 0.6) is 0 Å². The summed E-state index contributed by atoms with van der Waals surface area (Å²) in [5.41, 5.74) is 11.0. The average molecular weight is 425 g/mol. The van der Waals surface area contributed by atoms with Crippen LogP contribution in [0.4, 0.5) is 14.5 Å². The molecule has 0 bridgehead atoms. The van der Waals surface area contributed by atoms with Crippen molar-refractivity contribution in [2.45, 2.75) is 24.9 Å². The van der Waals surface area contributed by atoms with Gasteiger partial charge in [0.05, 0.1) is 7.11 Å². The molecule has 0 radical (unpaired) electrons. The number of hydrogen-bond donors (Lipinski definition) is 3. The molecule has 0 aliphatic heterocycles. The quantitative estimate of drug-likeness (QED) is 0.386. The van der Waals surface area contributed by atoms with Crippen LogP contribution in [0.25, 0.3) is 0 Å². The molecule has 0 aromatic heterocycles. The lowest BCUT2D eigenvalue weighted by Crippen LogP contribution is -2.64. The third kappa shape index (κ3) is 6.30. The van der Waals surface area contributed by atoms with E-state index in [2.05, 4.69) is 33.7 Å². The van der Waals surface area contributed by atoms with Crippen LogP contribution in [0.3, 0.4) is 0 Å². The SMILES string of the molecule is COC(=O)[C@@H](NC(=O)c1ccc(C#CC#Cc2ccc(N)cc2)cc1)[C@](C)(N)C(F)F. The van der Waals surface area contributed by atoms with Crippen LogP contribution < -0.4 is 16.8 Å². The monoisotopic (exact) mass is 425 g/mol. The lowest BCUT2D eigenvalue weighted by atomic mass is 9.93. The second-order valence-electron chi connectivity index (χ2n) is 6.80. The van der Waals surface area contributed by atoms with Gasteiger partial charge >= 0.3 is 5.97 Å². The minimum Gasteiger partial charge on any atom is -0.467 e. The number of nitrogen functional groups attached to an aromatic ring is 1. The molecule has 0 saturated carbocycles. The van der Waals surface area contributed by atoms with E-state index in [1.165, 1.54) is 12.1 Å².